The first-order valence-electron chi connectivity index (χ1n) is 8.52. The smallest absolute Gasteiger partial charge is 0.188 e. The number of nitrogens with two attached hydrogens (primary N) is 1. The maximum atomic E-state index is 5.95. The molecule has 1 aromatic rings. The average Bonchev–Trinajstić information content (AvgIpc) is 3.00. The zero-order valence-electron chi connectivity index (χ0n) is 14.3. The van der Waals surface area contributed by atoms with Crippen LogP contribution in [0.3, 0.4) is 0 Å². The number of aliphatic imine (C=N–C) groups is 1. The van der Waals surface area contributed by atoms with Crippen LogP contribution in [0.15, 0.2) is 35.3 Å². The van der Waals surface area contributed by atoms with Crippen LogP contribution in [0.2, 0.25) is 0 Å². The third-order valence-corrected chi connectivity index (χ3v) is 4.49. The van der Waals surface area contributed by atoms with E-state index in [1.807, 2.05) is 0 Å². The maximum Gasteiger partial charge on any atom is 0.188 e. The highest BCUT2D eigenvalue weighted by Crippen LogP contribution is 2.32. The molecule has 1 aromatic carbocycles. The van der Waals surface area contributed by atoms with Crippen molar-refractivity contribution in [1.82, 2.24) is 10.6 Å². The Morgan fingerprint density at radius 1 is 1.26 bits per heavy atom. The van der Waals surface area contributed by atoms with Gasteiger partial charge < -0.3 is 16.4 Å². The van der Waals surface area contributed by atoms with Crippen LogP contribution >= 0.6 is 24.0 Å². The molecule has 2 rings (SSSR count). The first kappa shape index (κ1) is 20.2. The van der Waals surface area contributed by atoms with Gasteiger partial charge in [-0.1, -0.05) is 50.1 Å². The highest BCUT2D eigenvalue weighted by atomic mass is 127. The Morgan fingerprint density at radius 3 is 2.52 bits per heavy atom. The second kappa shape index (κ2) is 10.1. The van der Waals surface area contributed by atoms with Gasteiger partial charge in [0.1, 0.15) is 0 Å². The van der Waals surface area contributed by atoms with Crippen LogP contribution in [-0.4, -0.2) is 24.6 Å². The molecule has 1 aliphatic carbocycles. The molecular formula is C18H31IN4. The van der Waals surface area contributed by atoms with E-state index in [2.05, 4.69) is 59.8 Å². The van der Waals surface area contributed by atoms with Gasteiger partial charge in [-0.15, -0.1) is 24.0 Å². The molecule has 1 unspecified atom stereocenters. The Labute approximate surface area is 157 Å². The molecule has 5 heteroatoms. The van der Waals surface area contributed by atoms with Gasteiger partial charge in [0.15, 0.2) is 5.96 Å². The minimum Gasteiger partial charge on any atom is -0.370 e. The van der Waals surface area contributed by atoms with Gasteiger partial charge in [0.25, 0.3) is 0 Å². The van der Waals surface area contributed by atoms with E-state index in [0.717, 1.165) is 19.5 Å². The maximum absolute atomic E-state index is 5.95. The van der Waals surface area contributed by atoms with Gasteiger partial charge in [0.05, 0.1) is 6.54 Å². The standard InChI is InChI=1S/C18H30N4.HI/c1-3-13-20-17(19)21-14-18(11-7-8-12-18)22-15(2)16-9-5-4-6-10-16;/h4-6,9-10,15,22H,3,7-8,11-14H2,1-2H3,(H3,19,20,21);1H. The van der Waals surface area contributed by atoms with Gasteiger partial charge in [0.2, 0.25) is 0 Å². The molecule has 0 aliphatic heterocycles. The average molecular weight is 430 g/mol. The summed E-state index contributed by atoms with van der Waals surface area (Å²) in [7, 11) is 0. The summed E-state index contributed by atoms with van der Waals surface area (Å²) in [5, 5.41) is 6.99. The van der Waals surface area contributed by atoms with Crippen molar-refractivity contribution in [2.45, 2.75) is 57.5 Å². The Bertz CT molecular complexity index is 469. The number of hydrogen-bond donors (Lipinski definition) is 3. The molecule has 0 spiro atoms. The van der Waals surface area contributed by atoms with E-state index >= 15 is 0 Å². The molecule has 1 aliphatic rings. The number of nitrogens with zero attached hydrogens (tertiary/aromatic N) is 1. The molecule has 0 radical (unpaired) electrons. The normalized spacial score (nSPS) is 18.3. The summed E-state index contributed by atoms with van der Waals surface area (Å²) in [6.07, 6.45) is 5.95. The Balaban J connectivity index is 0.00000264. The third kappa shape index (κ3) is 6.30. The van der Waals surface area contributed by atoms with E-state index in [4.69, 9.17) is 5.73 Å². The summed E-state index contributed by atoms with van der Waals surface area (Å²) in [6.45, 7) is 6.00. The largest absolute Gasteiger partial charge is 0.370 e. The predicted octanol–water partition coefficient (Wildman–Crippen LogP) is 3.58. The van der Waals surface area contributed by atoms with Gasteiger partial charge in [-0.05, 0) is 31.7 Å². The van der Waals surface area contributed by atoms with Crippen molar-refractivity contribution in [3.8, 4) is 0 Å². The molecule has 0 bridgehead atoms. The summed E-state index contributed by atoms with van der Waals surface area (Å²) < 4.78 is 0. The van der Waals surface area contributed by atoms with Gasteiger partial charge in [-0.2, -0.15) is 0 Å². The number of rotatable bonds is 7. The predicted molar refractivity (Wildman–Crippen MR) is 109 cm³/mol. The van der Waals surface area contributed by atoms with Crippen LogP contribution in [-0.2, 0) is 0 Å². The molecular weight excluding hydrogens is 399 g/mol. The van der Waals surface area contributed by atoms with Crippen LogP contribution < -0.4 is 16.4 Å². The third-order valence-electron chi connectivity index (χ3n) is 4.49. The topological polar surface area (TPSA) is 62.4 Å². The summed E-state index contributed by atoms with van der Waals surface area (Å²) in [5.41, 5.74) is 7.37. The van der Waals surface area contributed by atoms with E-state index < -0.39 is 0 Å². The molecule has 0 heterocycles. The summed E-state index contributed by atoms with van der Waals surface area (Å²) >= 11 is 0. The molecule has 0 aromatic heterocycles. The quantitative estimate of drug-likeness (QED) is 0.352. The molecule has 1 saturated carbocycles. The van der Waals surface area contributed by atoms with Crippen molar-refractivity contribution < 1.29 is 0 Å². The lowest BCUT2D eigenvalue weighted by atomic mass is 9.95. The minimum atomic E-state index is 0. The van der Waals surface area contributed by atoms with Crippen LogP contribution in [0.25, 0.3) is 0 Å². The fourth-order valence-electron chi connectivity index (χ4n) is 3.23. The Hall–Kier alpha value is -0.820. The number of benzene rings is 1. The van der Waals surface area contributed by atoms with Gasteiger partial charge >= 0.3 is 0 Å². The highest BCUT2D eigenvalue weighted by Gasteiger charge is 2.34. The minimum absolute atomic E-state index is 0. The molecule has 130 valence electrons. The van der Waals surface area contributed by atoms with E-state index in [0.29, 0.717) is 12.0 Å². The Kier molecular flexibility index (Phi) is 8.91. The molecule has 4 nitrogen and oxygen atoms in total. The second-order valence-corrected chi connectivity index (χ2v) is 6.39. The molecule has 0 saturated heterocycles. The molecule has 0 amide bonds. The van der Waals surface area contributed by atoms with Crippen molar-refractivity contribution in [2.75, 3.05) is 13.1 Å². The zero-order chi connectivity index (χ0) is 15.8. The summed E-state index contributed by atoms with van der Waals surface area (Å²) in [4.78, 5) is 4.58. The molecule has 1 fully saturated rings. The summed E-state index contributed by atoms with van der Waals surface area (Å²) in [6, 6.07) is 11.0. The van der Waals surface area contributed by atoms with E-state index in [1.165, 1.54) is 31.2 Å². The van der Waals surface area contributed by atoms with Crippen LogP contribution in [0.1, 0.15) is 57.6 Å². The van der Waals surface area contributed by atoms with Crippen molar-refractivity contribution >= 4 is 29.9 Å². The van der Waals surface area contributed by atoms with Crippen molar-refractivity contribution in [2.24, 2.45) is 10.7 Å². The summed E-state index contributed by atoms with van der Waals surface area (Å²) in [5.74, 6) is 0.572. The van der Waals surface area contributed by atoms with E-state index in [9.17, 15) is 0 Å². The highest BCUT2D eigenvalue weighted by molar-refractivity contribution is 14.0. The van der Waals surface area contributed by atoms with Crippen molar-refractivity contribution in [1.29, 1.82) is 0 Å². The molecule has 1 atom stereocenters. The Morgan fingerprint density at radius 2 is 1.91 bits per heavy atom. The monoisotopic (exact) mass is 430 g/mol. The first-order valence-corrected chi connectivity index (χ1v) is 8.52. The zero-order valence-corrected chi connectivity index (χ0v) is 16.7. The SMILES string of the molecule is CCCNC(N)=NCC1(NC(C)c2ccccc2)CCCC1.I. The number of guanidine groups is 1. The van der Waals surface area contributed by atoms with Gasteiger partial charge in [0, 0.05) is 18.1 Å². The lowest BCUT2D eigenvalue weighted by Crippen LogP contribution is -2.47. The number of halogens is 1. The van der Waals surface area contributed by atoms with Gasteiger partial charge in [-0.3, -0.25) is 4.99 Å². The molecule has 4 N–H and O–H groups in total. The molecule has 23 heavy (non-hydrogen) atoms. The van der Waals surface area contributed by atoms with Crippen LogP contribution in [0.4, 0.5) is 0 Å². The fourth-order valence-corrected chi connectivity index (χ4v) is 3.23. The van der Waals surface area contributed by atoms with Crippen LogP contribution in [0, 0.1) is 0 Å². The lowest BCUT2D eigenvalue weighted by Gasteiger charge is -2.33. The number of hydrogen-bond acceptors (Lipinski definition) is 2. The van der Waals surface area contributed by atoms with Crippen molar-refractivity contribution in [3.63, 3.8) is 0 Å². The van der Waals surface area contributed by atoms with E-state index in [-0.39, 0.29) is 29.5 Å². The first-order chi connectivity index (χ1) is 10.7. The van der Waals surface area contributed by atoms with E-state index in [1.54, 1.807) is 0 Å². The number of nitrogens with one attached hydrogen (secondary N) is 2. The van der Waals surface area contributed by atoms with Gasteiger partial charge in [-0.25, -0.2) is 0 Å². The van der Waals surface area contributed by atoms with Crippen molar-refractivity contribution in [3.05, 3.63) is 35.9 Å². The lowest BCUT2D eigenvalue weighted by molar-refractivity contribution is 0.307. The van der Waals surface area contributed by atoms with Crippen LogP contribution in [0.5, 0.6) is 0 Å². The fraction of sp³-hybridized carbons (Fsp3) is 0.611. The second-order valence-electron chi connectivity index (χ2n) is 6.39.